The second-order valence-corrected chi connectivity index (χ2v) is 10.3. The molecule has 174 valence electrons. The molecule has 4 rings (SSSR count). The Morgan fingerprint density at radius 3 is 2.67 bits per heavy atom. The van der Waals surface area contributed by atoms with E-state index >= 15 is 0 Å². The van der Waals surface area contributed by atoms with Crippen molar-refractivity contribution in [2.24, 2.45) is 0 Å². The van der Waals surface area contributed by atoms with Gasteiger partial charge in [-0.05, 0) is 68.9 Å². The Morgan fingerprint density at radius 1 is 1.18 bits per heavy atom. The predicted molar refractivity (Wildman–Crippen MR) is 125 cm³/mol. The summed E-state index contributed by atoms with van der Waals surface area (Å²) in [6.45, 7) is 1.07. The van der Waals surface area contributed by atoms with E-state index in [1.165, 1.54) is 18.2 Å². The predicted octanol–water partition coefficient (Wildman–Crippen LogP) is 4.63. The molecular formula is C23H24ClN3O5S. The maximum Gasteiger partial charge on any atom is 0.335 e. The van der Waals surface area contributed by atoms with Crippen LogP contribution in [0.5, 0.6) is 5.75 Å². The van der Waals surface area contributed by atoms with Crippen LogP contribution in [0.2, 0.25) is 5.02 Å². The molecule has 10 heteroatoms. The summed E-state index contributed by atoms with van der Waals surface area (Å²) in [5.41, 5.74) is 0.820. The van der Waals surface area contributed by atoms with E-state index in [0.717, 1.165) is 51.1 Å². The second-order valence-electron chi connectivity index (χ2n) is 8.22. The van der Waals surface area contributed by atoms with Gasteiger partial charge in [-0.25, -0.2) is 13.2 Å². The Morgan fingerprint density at radius 2 is 1.94 bits per heavy atom. The molecule has 0 aliphatic carbocycles. The first-order valence-electron chi connectivity index (χ1n) is 10.8. The van der Waals surface area contributed by atoms with Crippen molar-refractivity contribution >= 4 is 39.0 Å². The highest BCUT2D eigenvalue weighted by molar-refractivity contribution is 7.92. The first kappa shape index (κ1) is 23.2. The number of halogens is 1. The summed E-state index contributed by atoms with van der Waals surface area (Å²) in [7, 11) is -4.24. The fraction of sp³-hybridized carbons (Fsp3) is 0.391. The lowest BCUT2D eigenvalue weighted by Gasteiger charge is -2.39. The Balaban J connectivity index is 1.88. The van der Waals surface area contributed by atoms with Gasteiger partial charge < -0.3 is 14.7 Å². The number of anilines is 2. The largest absolute Gasteiger partial charge is 0.492 e. The van der Waals surface area contributed by atoms with Gasteiger partial charge in [0.15, 0.2) is 0 Å². The van der Waals surface area contributed by atoms with Crippen LogP contribution in [-0.2, 0) is 10.0 Å². The van der Waals surface area contributed by atoms with Crippen LogP contribution in [0.25, 0.3) is 0 Å². The molecule has 0 spiro atoms. The van der Waals surface area contributed by atoms with Gasteiger partial charge in [0.05, 0.1) is 34.1 Å². The Hall–Kier alpha value is -2.96. The molecule has 0 saturated carbocycles. The highest BCUT2D eigenvalue weighted by Crippen LogP contribution is 2.39. The minimum absolute atomic E-state index is 0.0838. The number of piperidine rings is 1. The third kappa shape index (κ3) is 4.87. The van der Waals surface area contributed by atoms with E-state index < -0.39 is 16.0 Å². The lowest BCUT2D eigenvalue weighted by molar-refractivity contribution is 0.0696. The average Bonchev–Trinajstić information content (AvgIpc) is 2.80. The number of hydrogen-bond acceptors (Lipinski definition) is 6. The van der Waals surface area contributed by atoms with Crippen LogP contribution >= 0.6 is 11.6 Å². The lowest BCUT2D eigenvalue weighted by atomic mass is 9.96. The summed E-state index contributed by atoms with van der Waals surface area (Å²) in [5.74, 6) is -1.16. The molecule has 1 saturated heterocycles. The highest BCUT2D eigenvalue weighted by atomic mass is 35.5. The monoisotopic (exact) mass is 489 g/mol. The first-order valence-corrected chi connectivity index (χ1v) is 12.7. The normalized spacial score (nSPS) is 20.1. The Bertz CT molecular complexity index is 1230. The molecule has 2 heterocycles. The fourth-order valence-corrected chi connectivity index (χ4v) is 5.86. The summed E-state index contributed by atoms with van der Waals surface area (Å²) in [5, 5.41) is 19.1. The Labute approximate surface area is 197 Å². The van der Waals surface area contributed by atoms with Gasteiger partial charge in [0.1, 0.15) is 16.7 Å². The van der Waals surface area contributed by atoms with Gasteiger partial charge in [0.2, 0.25) is 0 Å². The third-order valence-corrected chi connectivity index (χ3v) is 7.76. The number of hydrogen-bond donors (Lipinski definition) is 2. The van der Waals surface area contributed by atoms with Crippen LogP contribution in [0.1, 0.15) is 54.4 Å². The molecule has 2 aliphatic rings. The zero-order valence-electron chi connectivity index (χ0n) is 17.9. The second kappa shape index (κ2) is 9.49. The molecule has 0 aromatic heterocycles. The number of carboxylic acids is 1. The molecule has 0 amide bonds. The molecule has 8 nitrogen and oxygen atoms in total. The molecule has 2 aromatic rings. The Kier molecular flexibility index (Phi) is 6.68. The van der Waals surface area contributed by atoms with Gasteiger partial charge in [-0.15, -0.1) is 0 Å². The van der Waals surface area contributed by atoms with Crippen molar-refractivity contribution in [2.45, 2.75) is 49.5 Å². The van der Waals surface area contributed by atoms with Crippen molar-refractivity contribution in [3.05, 3.63) is 46.5 Å². The number of nitrogens with one attached hydrogen (secondary N) is 1. The molecular weight excluding hydrogens is 466 g/mol. The average molecular weight is 490 g/mol. The minimum Gasteiger partial charge on any atom is -0.492 e. The summed E-state index contributed by atoms with van der Waals surface area (Å²) in [4.78, 5) is 13.4. The molecule has 0 unspecified atom stereocenters. The van der Waals surface area contributed by atoms with Crippen molar-refractivity contribution in [1.29, 1.82) is 5.26 Å². The molecule has 0 bridgehead atoms. The van der Waals surface area contributed by atoms with Crippen LogP contribution < -0.4 is 14.4 Å². The summed E-state index contributed by atoms with van der Waals surface area (Å²) < 4.78 is 35.3. The highest BCUT2D eigenvalue weighted by Gasteiger charge is 2.29. The van der Waals surface area contributed by atoms with Gasteiger partial charge in [-0.2, -0.15) is 5.26 Å². The number of fused-ring (bicyclic) bond motifs is 4. The van der Waals surface area contributed by atoms with E-state index in [9.17, 15) is 23.6 Å². The molecule has 2 N–H and O–H groups in total. The zero-order valence-corrected chi connectivity index (χ0v) is 19.5. The quantitative estimate of drug-likeness (QED) is 0.599. The summed E-state index contributed by atoms with van der Waals surface area (Å²) >= 11 is 6.34. The smallest absolute Gasteiger partial charge is 0.335 e. The van der Waals surface area contributed by atoms with Crippen molar-refractivity contribution in [1.82, 2.24) is 0 Å². The van der Waals surface area contributed by atoms with Crippen molar-refractivity contribution < 1.29 is 23.1 Å². The van der Waals surface area contributed by atoms with Crippen LogP contribution in [0, 0.1) is 11.3 Å². The van der Waals surface area contributed by atoms with E-state index in [2.05, 4.69) is 9.62 Å². The molecule has 1 atom stereocenters. The standard InChI is InChI=1S/C23H24ClN3O5S/c24-18-13-20-19(11-16(18)14-25)26-33(30,31)22-12-15(23(28)29)7-8-21(22)32-10-4-2-6-17-5-1-3-9-27(17)20/h7-8,11-13,17,26H,1-6,9-10H2,(H,28,29)/t17-/m1/s1. The molecule has 33 heavy (non-hydrogen) atoms. The van der Waals surface area contributed by atoms with Crippen molar-refractivity contribution in [2.75, 3.05) is 22.8 Å². The number of benzene rings is 2. The van der Waals surface area contributed by atoms with Crippen LogP contribution in [-0.4, -0.2) is 38.7 Å². The van der Waals surface area contributed by atoms with E-state index in [1.807, 2.05) is 6.07 Å². The van der Waals surface area contributed by atoms with Crippen LogP contribution in [0.3, 0.4) is 0 Å². The maximum absolute atomic E-state index is 13.5. The molecule has 1 fully saturated rings. The summed E-state index contributed by atoms with van der Waals surface area (Å²) in [6, 6.07) is 9.05. The number of ether oxygens (including phenoxy) is 1. The number of rotatable bonds is 1. The van der Waals surface area contributed by atoms with Gasteiger partial charge in [-0.1, -0.05) is 11.6 Å². The molecule has 2 aromatic carbocycles. The van der Waals surface area contributed by atoms with Gasteiger partial charge in [-0.3, -0.25) is 4.72 Å². The minimum atomic E-state index is -4.24. The number of sulfonamides is 1. The number of carboxylic acid groups (broad SMARTS) is 1. The first-order chi connectivity index (χ1) is 15.8. The van der Waals surface area contributed by atoms with E-state index in [1.54, 1.807) is 6.07 Å². The van der Waals surface area contributed by atoms with Gasteiger partial charge in [0, 0.05) is 12.6 Å². The number of nitriles is 1. The zero-order chi connectivity index (χ0) is 23.6. The van der Waals surface area contributed by atoms with E-state index in [4.69, 9.17) is 16.3 Å². The maximum atomic E-state index is 13.5. The SMILES string of the molecule is N#Cc1cc2c(cc1Cl)N1CCCC[C@@H]1CCCCOc1ccc(C(=O)O)cc1S(=O)(=O)N2. The van der Waals surface area contributed by atoms with Gasteiger partial charge >= 0.3 is 5.97 Å². The fourth-order valence-electron chi connectivity index (χ4n) is 4.42. The lowest BCUT2D eigenvalue weighted by Crippen LogP contribution is -2.40. The summed E-state index contributed by atoms with van der Waals surface area (Å²) in [6.07, 6.45) is 5.58. The van der Waals surface area contributed by atoms with E-state index in [0.29, 0.717) is 12.3 Å². The number of carbonyl (C=O) groups is 1. The van der Waals surface area contributed by atoms with Crippen molar-refractivity contribution in [3.63, 3.8) is 0 Å². The van der Waals surface area contributed by atoms with Crippen LogP contribution in [0.4, 0.5) is 11.4 Å². The van der Waals surface area contributed by atoms with Crippen LogP contribution in [0.15, 0.2) is 35.2 Å². The van der Waals surface area contributed by atoms with E-state index in [-0.39, 0.29) is 38.5 Å². The number of nitrogens with zero attached hydrogens (tertiary/aromatic N) is 2. The van der Waals surface area contributed by atoms with Crippen molar-refractivity contribution in [3.8, 4) is 11.8 Å². The topological polar surface area (TPSA) is 120 Å². The molecule has 2 aliphatic heterocycles. The molecule has 0 radical (unpaired) electrons. The third-order valence-electron chi connectivity index (χ3n) is 6.06. The number of aromatic carboxylic acids is 1. The van der Waals surface area contributed by atoms with Gasteiger partial charge in [0.25, 0.3) is 10.0 Å².